The SMILES string of the molecule is CC(=O)O[C@H]1CC[C@@]2(C)[C@@H](CC[C@]3(C)[C@H]2C(=O)C=C2[C@@H]4CC(C)(C)CC[C@]4(C(=O)O)CC[C@]23C)C1(C)C. The van der Waals surface area contributed by atoms with Crippen molar-refractivity contribution in [2.24, 2.45) is 50.2 Å². The highest BCUT2D eigenvalue weighted by molar-refractivity contribution is 5.96. The quantitative estimate of drug-likeness (QED) is 0.404. The minimum Gasteiger partial charge on any atom is -0.481 e. The van der Waals surface area contributed by atoms with Gasteiger partial charge in [-0.25, -0.2) is 0 Å². The Balaban J connectivity index is 1.60. The van der Waals surface area contributed by atoms with Crippen LogP contribution in [0.5, 0.6) is 0 Å². The fourth-order valence-corrected chi connectivity index (χ4v) is 10.8. The number of hydrogen-bond acceptors (Lipinski definition) is 4. The van der Waals surface area contributed by atoms with E-state index in [1.165, 1.54) is 6.92 Å². The van der Waals surface area contributed by atoms with Crippen LogP contribution in [0.3, 0.4) is 0 Å². The topological polar surface area (TPSA) is 80.7 Å². The number of ether oxygens (including phenoxy) is 1. The smallest absolute Gasteiger partial charge is 0.310 e. The average molecular weight is 513 g/mol. The van der Waals surface area contributed by atoms with Crippen LogP contribution in [0, 0.1) is 50.2 Å². The van der Waals surface area contributed by atoms with E-state index in [-0.39, 0.29) is 62.7 Å². The summed E-state index contributed by atoms with van der Waals surface area (Å²) in [6, 6.07) is 0. The minimum absolute atomic E-state index is 0.0732. The van der Waals surface area contributed by atoms with Crippen molar-refractivity contribution < 1.29 is 24.2 Å². The van der Waals surface area contributed by atoms with Gasteiger partial charge in [0.25, 0.3) is 0 Å². The Morgan fingerprint density at radius 2 is 1.57 bits per heavy atom. The molecule has 5 aliphatic carbocycles. The number of ketones is 1. The van der Waals surface area contributed by atoms with Crippen molar-refractivity contribution in [1.29, 1.82) is 0 Å². The maximum atomic E-state index is 14.4. The third kappa shape index (κ3) is 3.43. The molecule has 0 unspecified atom stereocenters. The monoisotopic (exact) mass is 512 g/mol. The first-order chi connectivity index (χ1) is 16.9. The second-order valence-corrected chi connectivity index (χ2v) is 15.6. The van der Waals surface area contributed by atoms with Gasteiger partial charge in [0.1, 0.15) is 6.10 Å². The molecule has 4 fully saturated rings. The van der Waals surface area contributed by atoms with E-state index in [9.17, 15) is 19.5 Å². The highest BCUT2D eigenvalue weighted by Gasteiger charge is 2.71. The zero-order chi connectivity index (χ0) is 27.4. The Morgan fingerprint density at radius 1 is 0.919 bits per heavy atom. The lowest BCUT2D eigenvalue weighted by Gasteiger charge is -2.70. The number of esters is 1. The van der Waals surface area contributed by atoms with Gasteiger partial charge in [0.05, 0.1) is 5.41 Å². The van der Waals surface area contributed by atoms with Gasteiger partial charge >= 0.3 is 11.9 Å². The van der Waals surface area contributed by atoms with Gasteiger partial charge in [-0.2, -0.15) is 0 Å². The van der Waals surface area contributed by atoms with Crippen LogP contribution in [-0.4, -0.2) is 28.9 Å². The summed E-state index contributed by atoms with van der Waals surface area (Å²) in [6.45, 7) is 17.5. The van der Waals surface area contributed by atoms with Crippen LogP contribution in [0.4, 0.5) is 0 Å². The molecule has 8 atom stereocenters. The van der Waals surface area contributed by atoms with Gasteiger partial charge in [-0.3, -0.25) is 14.4 Å². The number of carboxylic acid groups (broad SMARTS) is 1. The number of aliphatic carboxylic acids is 1. The van der Waals surface area contributed by atoms with Crippen molar-refractivity contribution in [3.63, 3.8) is 0 Å². The van der Waals surface area contributed by atoms with E-state index in [1.54, 1.807) is 0 Å². The van der Waals surface area contributed by atoms with Gasteiger partial charge in [0.2, 0.25) is 0 Å². The fraction of sp³-hybridized carbons (Fsp3) is 0.844. The molecule has 1 N–H and O–H groups in total. The van der Waals surface area contributed by atoms with Crippen LogP contribution in [0.25, 0.3) is 0 Å². The van der Waals surface area contributed by atoms with Crippen LogP contribution in [0.1, 0.15) is 113 Å². The maximum Gasteiger partial charge on any atom is 0.310 e. The number of rotatable bonds is 2. The Bertz CT molecular complexity index is 1070. The van der Waals surface area contributed by atoms with Crippen LogP contribution in [-0.2, 0) is 19.1 Å². The summed E-state index contributed by atoms with van der Waals surface area (Å²) in [5.41, 5.74) is -0.301. The number of carbonyl (C=O) groups excluding carboxylic acids is 2. The first-order valence-electron chi connectivity index (χ1n) is 14.6. The van der Waals surface area contributed by atoms with Gasteiger partial charge in [-0.1, -0.05) is 54.0 Å². The number of hydrogen-bond donors (Lipinski definition) is 1. The predicted octanol–water partition coefficient (Wildman–Crippen LogP) is 6.98. The molecule has 0 radical (unpaired) electrons. The van der Waals surface area contributed by atoms with Crippen molar-refractivity contribution >= 4 is 17.7 Å². The van der Waals surface area contributed by atoms with Crippen molar-refractivity contribution in [3.05, 3.63) is 11.6 Å². The van der Waals surface area contributed by atoms with Crippen LogP contribution < -0.4 is 0 Å². The molecule has 0 aliphatic heterocycles. The molecule has 0 aromatic heterocycles. The van der Waals surface area contributed by atoms with Gasteiger partial charge in [0, 0.05) is 18.3 Å². The standard InChI is InChI=1S/C32H48O5/c1-19(33)37-24-10-11-29(6)23(28(24,4)5)9-12-31(8)25(29)22(34)17-20-21-18-27(2,3)13-15-32(21,26(35)36)16-14-30(20,31)7/h17,21,23-25H,9-16,18H2,1-8H3,(H,35,36)/t21-,23-,24-,25-,29-,30+,31+,32-/m0/s1. The summed E-state index contributed by atoms with van der Waals surface area (Å²) in [7, 11) is 0. The van der Waals surface area contributed by atoms with Gasteiger partial charge in [-0.05, 0) is 97.4 Å². The van der Waals surface area contributed by atoms with Crippen LogP contribution >= 0.6 is 0 Å². The molecular formula is C32H48O5. The molecule has 37 heavy (non-hydrogen) atoms. The number of carbonyl (C=O) groups is 3. The van der Waals surface area contributed by atoms with E-state index in [4.69, 9.17) is 4.74 Å². The molecule has 5 rings (SSSR count). The molecule has 0 saturated heterocycles. The molecule has 0 heterocycles. The molecule has 0 aromatic carbocycles. The Labute approximate surface area is 223 Å². The first kappa shape index (κ1) is 26.9. The summed E-state index contributed by atoms with van der Waals surface area (Å²) in [4.78, 5) is 39.1. The summed E-state index contributed by atoms with van der Waals surface area (Å²) >= 11 is 0. The lowest BCUT2D eigenvalue weighted by Crippen LogP contribution is -2.67. The molecule has 5 heteroatoms. The molecule has 0 aromatic rings. The molecule has 0 amide bonds. The second kappa shape index (κ2) is 7.94. The van der Waals surface area contributed by atoms with E-state index in [1.807, 2.05) is 6.08 Å². The van der Waals surface area contributed by atoms with Gasteiger partial charge < -0.3 is 9.84 Å². The zero-order valence-electron chi connectivity index (χ0n) is 24.3. The minimum atomic E-state index is -0.741. The molecule has 5 aliphatic rings. The molecule has 0 spiro atoms. The summed E-state index contributed by atoms with van der Waals surface area (Å²) in [5, 5.41) is 10.5. The summed E-state index contributed by atoms with van der Waals surface area (Å²) < 4.78 is 5.81. The lowest BCUT2D eigenvalue weighted by atomic mass is 9.33. The molecule has 4 saturated carbocycles. The van der Waals surface area contributed by atoms with Crippen LogP contribution in [0.15, 0.2) is 11.6 Å². The first-order valence-corrected chi connectivity index (χ1v) is 14.6. The molecular weight excluding hydrogens is 464 g/mol. The third-order valence-electron chi connectivity index (χ3n) is 13.1. The van der Waals surface area contributed by atoms with Crippen molar-refractivity contribution in [2.45, 2.75) is 119 Å². The Kier molecular flexibility index (Phi) is 5.78. The van der Waals surface area contributed by atoms with E-state index in [2.05, 4.69) is 48.5 Å². The zero-order valence-corrected chi connectivity index (χ0v) is 24.3. The van der Waals surface area contributed by atoms with E-state index in [0.717, 1.165) is 50.5 Å². The Hall–Kier alpha value is -1.65. The second-order valence-electron chi connectivity index (χ2n) is 15.6. The summed E-state index contributed by atoms with van der Waals surface area (Å²) in [6.07, 6.45) is 9.44. The van der Waals surface area contributed by atoms with Gasteiger partial charge in [0.15, 0.2) is 5.78 Å². The van der Waals surface area contributed by atoms with Gasteiger partial charge in [-0.15, -0.1) is 0 Å². The molecule has 5 nitrogen and oxygen atoms in total. The fourth-order valence-electron chi connectivity index (χ4n) is 10.8. The highest BCUT2D eigenvalue weighted by atomic mass is 16.5. The van der Waals surface area contributed by atoms with E-state index in [0.29, 0.717) is 12.8 Å². The van der Waals surface area contributed by atoms with E-state index >= 15 is 0 Å². The third-order valence-corrected chi connectivity index (χ3v) is 13.1. The van der Waals surface area contributed by atoms with Crippen molar-refractivity contribution in [1.82, 2.24) is 0 Å². The maximum absolute atomic E-state index is 14.4. The van der Waals surface area contributed by atoms with Crippen molar-refractivity contribution in [3.8, 4) is 0 Å². The normalized spacial score (nSPS) is 47.9. The number of carboxylic acids is 1. The van der Waals surface area contributed by atoms with Crippen molar-refractivity contribution in [2.75, 3.05) is 0 Å². The summed E-state index contributed by atoms with van der Waals surface area (Å²) in [5.74, 6) is -0.565. The number of allylic oxidation sites excluding steroid dienone is 2. The molecule has 0 bridgehead atoms. The van der Waals surface area contributed by atoms with Crippen LogP contribution in [0.2, 0.25) is 0 Å². The highest BCUT2D eigenvalue weighted by Crippen LogP contribution is 2.75. The Morgan fingerprint density at radius 3 is 2.19 bits per heavy atom. The average Bonchev–Trinajstić information content (AvgIpc) is 2.76. The lowest BCUT2D eigenvalue weighted by molar-refractivity contribution is -0.211. The number of fused-ring (bicyclic) bond motifs is 7. The molecule has 206 valence electrons. The van der Waals surface area contributed by atoms with E-state index < -0.39 is 11.4 Å². The largest absolute Gasteiger partial charge is 0.481 e. The predicted molar refractivity (Wildman–Crippen MR) is 143 cm³/mol.